The lowest BCUT2D eigenvalue weighted by Gasteiger charge is -2.34. The number of non-ortho nitro benzene ring substituents is 1. The van der Waals surface area contributed by atoms with Crippen LogP contribution in [-0.4, -0.2) is 63.2 Å². The van der Waals surface area contributed by atoms with Crippen molar-refractivity contribution in [2.75, 3.05) is 45.7 Å². The van der Waals surface area contributed by atoms with E-state index < -0.39 is 10.1 Å². The van der Waals surface area contributed by atoms with Crippen molar-refractivity contribution in [3.8, 4) is 0 Å². The van der Waals surface area contributed by atoms with E-state index in [9.17, 15) is 23.1 Å². The minimum Gasteiger partial charge on any atom is -0.744 e. The second-order valence-electron chi connectivity index (χ2n) is 8.44. The first-order valence-electron chi connectivity index (χ1n) is 9.72. The molecule has 1 aliphatic rings. The molecule has 0 fully saturated rings. The van der Waals surface area contributed by atoms with Crippen LogP contribution in [0.15, 0.2) is 47.4 Å². The van der Waals surface area contributed by atoms with Crippen LogP contribution in [0.3, 0.4) is 0 Å². The van der Waals surface area contributed by atoms with Gasteiger partial charge in [-0.25, -0.2) is 8.42 Å². The molecule has 30 heavy (non-hydrogen) atoms. The zero-order chi connectivity index (χ0) is 22.5. The average molecular weight is 436 g/mol. The Kier molecular flexibility index (Phi) is 7.57. The lowest BCUT2D eigenvalue weighted by molar-refractivity contribution is -0.868. The zero-order valence-electron chi connectivity index (χ0n) is 17.9. The van der Waals surface area contributed by atoms with E-state index >= 15 is 0 Å². The maximum Gasteiger partial charge on any atom is 0.271 e. The normalized spacial score (nSPS) is 13.8. The van der Waals surface area contributed by atoms with Gasteiger partial charge in [0.2, 0.25) is 0 Å². The van der Waals surface area contributed by atoms with Gasteiger partial charge in [0.05, 0.1) is 44.1 Å². The van der Waals surface area contributed by atoms with Gasteiger partial charge in [0.25, 0.3) is 5.69 Å². The zero-order valence-corrected chi connectivity index (χ0v) is 18.7. The van der Waals surface area contributed by atoms with E-state index in [1.165, 1.54) is 17.7 Å². The smallest absolute Gasteiger partial charge is 0.271 e. The molecule has 0 atom stereocenters. The van der Waals surface area contributed by atoms with Crippen LogP contribution in [-0.2, 0) is 16.5 Å². The summed E-state index contributed by atoms with van der Waals surface area (Å²) in [7, 11) is 2.23. The molecular weight excluding hydrogens is 406 g/mol. The number of hydrogen-bond donors (Lipinski definition) is 0. The van der Waals surface area contributed by atoms with E-state index in [1.807, 2.05) is 13.0 Å². The molecule has 1 heterocycles. The van der Waals surface area contributed by atoms with Gasteiger partial charge in [-0.15, -0.1) is 0 Å². The van der Waals surface area contributed by atoms with Gasteiger partial charge in [0, 0.05) is 24.4 Å². The lowest BCUT2D eigenvalue weighted by Crippen LogP contribution is -2.43. The molecule has 0 unspecified atom stereocenters. The summed E-state index contributed by atoms with van der Waals surface area (Å²) in [4.78, 5) is 12.7. The number of nitro groups is 1. The highest BCUT2D eigenvalue weighted by Crippen LogP contribution is 2.30. The summed E-state index contributed by atoms with van der Waals surface area (Å²) in [5.74, 6) is 0. The van der Waals surface area contributed by atoms with Crippen LogP contribution in [0.5, 0.6) is 0 Å². The molecule has 0 bridgehead atoms. The molecule has 0 radical (unpaired) electrons. The summed E-state index contributed by atoms with van der Waals surface area (Å²) in [5, 5.41) is 10.9. The van der Waals surface area contributed by atoms with Gasteiger partial charge in [0.15, 0.2) is 0 Å². The number of quaternary nitrogens is 1. The third-order valence-corrected chi connectivity index (χ3v) is 5.69. The second kappa shape index (κ2) is 9.55. The topological polar surface area (TPSA) is 104 Å². The monoisotopic (exact) mass is 435 g/mol. The molecule has 3 rings (SSSR count). The van der Waals surface area contributed by atoms with Crippen molar-refractivity contribution >= 4 is 21.5 Å². The molecule has 164 valence electrons. The fourth-order valence-electron chi connectivity index (χ4n) is 3.11. The van der Waals surface area contributed by atoms with Gasteiger partial charge in [-0.1, -0.05) is 23.8 Å². The molecule has 1 aliphatic heterocycles. The Morgan fingerprint density at radius 3 is 2.27 bits per heavy atom. The van der Waals surface area contributed by atoms with Gasteiger partial charge in [-0.05, 0) is 37.5 Å². The molecule has 0 aliphatic carbocycles. The van der Waals surface area contributed by atoms with Crippen molar-refractivity contribution in [1.82, 2.24) is 0 Å². The van der Waals surface area contributed by atoms with E-state index in [-0.39, 0.29) is 15.5 Å². The first-order chi connectivity index (χ1) is 13.9. The summed E-state index contributed by atoms with van der Waals surface area (Å²) >= 11 is 0. The van der Waals surface area contributed by atoms with Crippen molar-refractivity contribution in [2.45, 2.75) is 24.7 Å². The predicted molar refractivity (Wildman–Crippen MR) is 116 cm³/mol. The highest BCUT2D eigenvalue weighted by molar-refractivity contribution is 7.85. The van der Waals surface area contributed by atoms with E-state index in [1.54, 1.807) is 24.3 Å². The molecular formula is C21H29N3O5S. The van der Waals surface area contributed by atoms with Crippen LogP contribution in [0.25, 0.3) is 0 Å². The predicted octanol–water partition coefficient (Wildman–Crippen LogP) is 2.95. The molecule has 0 aromatic heterocycles. The third-order valence-electron chi connectivity index (χ3n) is 4.84. The Morgan fingerprint density at radius 1 is 1.10 bits per heavy atom. The minimum absolute atomic E-state index is 0.178. The number of benzene rings is 2. The summed E-state index contributed by atoms with van der Waals surface area (Å²) in [6.45, 7) is 4.79. The maximum atomic E-state index is 10.9. The quantitative estimate of drug-likeness (QED) is 0.310. The van der Waals surface area contributed by atoms with Crippen molar-refractivity contribution in [3.63, 3.8) is 0 Å². The molecule has 2 aromatic carbocycles. The van der Waals surface area contributed by atoms with Crippen LogP contribution < -0.4 is 4.90 Å². The second-order valence-corrected chi connectivity index (χ2v) is 9.82. The van der Waals surface area contributed by atoms with E-state index in [0.29, 0.717) is 0 Å². The van der Waals surface area contributed by atoms with Crippen LogP contribution in [0.2, 0.25) is 0 Å². The number of nitrogens with zero attached hydrogens (tertiary/aromatic N) is 3. The summed E-state index contributed by atoms with van der Waals surface area (Å²) < 4.78 is 32.1. The van der Waals surface area contributed by atoms with Crippen LogP contribution in [0.4, 0.5) is 11.4 Å². The van der Waals surface area contributed by atoms with Gasteiger partial charge < -0.3 is 13.9 Å². The lowest BCUT2D eigenvalue weighted by atomic mass is 10.0. The van der Waals surface area contributed by atoms with Crippen molar-refractivity contribution in [3.05, 3.63) is 63.7 Å². The molecule has 0 spiro atoms. The average Bonchev–Trinajstić information content (AvgIpc) is 2.65. The Balaban J connectivity index is 0.000000248. The standard InChI is InChI=1S/C14H22N3O2.C7H8O3S/c1-17(2,3)10-9-15-8-4-5-12-6-7-13(16(18)19)11-14(12)15;1-6-2-4-7(5-3-6)11(8,9)10/h6-7,11H,4-5,8-10H2,1-3H3;2-5H,1H3,(H,8,9,10)/q+1;/p-1. The number of fused-ring (bicyclic) bond motifs is 1. The highest BCUT2D eigenvalue weighted by atomic mass is 32.2. The first kappa shape index (κ1) is 23.8. The molecule has 0 N–H and O–H groups in total. The Bertz CT molecular complexity index is 983. The number of nitro benzene ring substituents is 1. The van der Waals surface area contributed by atoms with Crippen molar-refractivity contribution in [1.29, 1.82) is 0 Å². The van der Waals surface area contributed by atoms with Crippen LogP contribution in [0.1, 0.15) is 17.5 Å². The number of anilines is 1. The minimum atomic E-state index is -4.27. The van der Waals surface area contributed by atoms with Gasteiger partial charge >= 0.3 is 0 Å². The van der Waals surface area contributed by atoms with Crippen LogP contribution in [0, 0.1) is 17.0 Å². The largest absolute Gasteiger partial charge is 0.744 e. The van der Waals surface area contributed by atoms with Crippen molar-refractivity contribution in [2.24, 2.45) is 0 Å². The number of rotatable bonds is 5. The van der Waals surface area contributed by atoms with Gasteiger partial charge in [-0.2, -0.15) is 0 Å². The maximum absolute atomic E-state index is 10.9. The molecule has 0 saturated heterocycles. The van der Waals surface area contributed by atoms with Gasteiger partial charge in [-0.3, -0.25) is 10.1 Å². The summed E-state index contributed by atoms with van der Waals surface area (Å²) in [6.07, 6.45) is 2.15. The molecule has 0 amide bonds. The molecule has 2 aromatic rings. The number of likely N-dealkylation sites (N-methyl/N-ethyl adjacent to an activating group) is 1. The summed E-state index contributed by atoms with van der Waals surface area (Å²) in [5.41, 5.74) is 3.40. The fourth-order valence-corrected chi connectivity index (χ4v) is 3.58. The third kappa shape index (κ3) is 7.08. The molecule has 9 heteroatoms. The van der Waals surface area contributed by atoms with Gasteiger partial charge in [0.1, 0.15) is 10.1 Å². The highest BCUT2D eigenvalue weighted by Gasteiger charge is 2.21. The summed E-state index contributed by atoms with van der Waals surface area (Å²) in [6, 6.07) is 11.0. The number of aryl methyl sites for hydroxylation is 2. The van der Waals surface area contributed by atoms with E-state index in [2.05, 4.69) is 26.0 Å². The number of hydrogen-bond acceptors (Lipinski definition) is 6. The SMILES string of the molecule is C[N+](C)(C)CCN1CCCc2ccc([N+](=O)[O-])cc21.Cc1ccc(S(=O)(=O)[O-])cc1. The Labute approximate surface area is 178 Å². The van der Waals surface area contributed by atoms with E-state index in [0.717, 1.165) is 48.2 Å². The first-order valence-corrected chi connectivity index (χ1v) is 11.1. The molecule has 8 nitrogen and oxygen atoms in total. The molecule has 0 saturated carbocycles. The van der Waals surface area contributed by atoms with Crippen molar-refractivity contribution < 1.29 is 22.4 Å². The Hall–Kier alpha value is -2.49. The van der Waals surface area contributed by atoms with E-state index in [4.69, 9.17) is 0 Å². The van der Waals surface area contributed by atoms with Crippen LogP contribution >= 0.6 is 0 Å². The fraction of sp³-hybridized carbons (Fsp3) is 0.429. The Morgan fingerprint density at radius 2 is 1.73 bits per heavy atom.